The van der Waals surface area contributed by atoms with Crippen molar-refractivity contribution < 1.29 is 14.3 Å². The summed E-state index contributed by atoms with van der Waals surface area (Å²) in [5.74, 6) is -1.36. The molecule has 10 heteroatoms. The van der Waals surface area contributed by atoms with Crippen molar-refractivity contribution >= 4 is 40.9 Å². The van der Waals surface area contributed by atoms with Crippen LogP contribution in [0.3, 0.4) is 0 Å². The van der Waals surface area contributed by atoms with Crippen LogP contribution in [-0.2, 0) is 16.6 Å². The molecule has 0 bridgehead atoms. The van der Waals surface area contributed by atoms with Gasteiger partial charge in [0.05, 0.1) is 10.0 Å². The largest absolute Gasteiger partial charge is 0.451 e. The minimum absolute atomic E-state index is 0.0941. The molecule has 24 heavy (non-hydrogen) atoms. The lowest BCUT2D eigenvalue weighted by Gasteiger charge is -2.09. The number of ether oxygens (including phenoxy) is 1. The quantitative estimate of drug-likeness (QED) is 0.819. The summed E-state index contributed by atoms with van der Waals surface area (Å²) in [6, 6.07) is 2.38. The number of halogens is 2. The number of aryl methyl sites for hydroxylation is 1. The van der Waals surface area contributed by atoms with Crippen LogP contribution in [0.25, 0.3) is 0 Å². The number of amides is 1. The first-order chi connectivity index (χ1) is 11.3. The Hall–Kier alpha value is -2.45. The minimum atomic E-state index is -0.841. The van der Waals surface area contributed by atoms with Crippen molar-refractivity contribution in [2.45, 2.75) is 6.92 Å². The topological polar surface area (TPSA) is 103 Å². The molecule has 2 rings (SSSR count). The summed E-state index contributed by atoms with van der Waals surface area (Å²) in [6.45, 7) is 1.11. The first-order valence-corrected chi connectivity index (χ1v) is 7.37. The van der Waals surface area contributed by atoms with E-state index in [0.29, 0.717) is 10.6 Å². The normalized spacial score (nSPS) is 10.3. The Morgan fingerprint density at radius 1 is 1.33 bits per heavy atom. The summed E-state index contributed by atoms with van der Waals surface area (Å²) in [7, 11) is 1.39. The zero-order valence-corrected chi connectivity index (χ0v) is 14.2. The average Bonchev–Trinajstić information content (AvgIpc) is 2.55. The molecule has 0 fully saturated rings. The van der Waals surface area contributed by atoms with Crippen molar-refractivity contribution in [2.75, 3.05) is 11.9 Å². The van der Waals surface area contributed by atoms with E-state index < -0.39 is 18.5 Å². The third-order valence-electron chi connectivity index (χ3n) is 2.96. The summed E-state index contributed by atoms with van der Waals surface area (Å²) in [5.41, 5.74) is 0.0987. The van der Waals surface area contributed by atoms with Crippen LogP contribution in [0.15, 0.2) is 23.1 Å². The molecule has 0 saturated heterocycles. The van der Waals surface area contributed by atoms with Gasteiger partial charge in [-0.2, -0.15) is 5.10 Å². The van der Waals surface area contributed by atoms with E-state index in [4.69, 9.17) is 27.9 Å². The highest BCUT2D eigenvalue weighted by atomic mass is 35.5. The fourth-order valence-electron chi connectivity index (χ4n) is 1.63. The smallest absolute Gasteiger partial charge is 0.359 e. The number of anilines is 1. The number of hydrogen-bond donors (Lipinski definition) is 1. The number of rotatable bonds is 4. The summed E-state index contributed by atoms with van der Waals surface area (Å²) in [4.78, 5) is 38.7. The molecule has 0 radical (unpaired) electrons. The first kappa shape index (κ1) is 17.9. The van der Waals surface area contributed by atoms with Crippen molar-refractivity contribution in [1.29, 1.82) is 0 Å². The molecule has 0 aliphatic heterocycles. The molecule has 1 N–H and O–H groups in total. The summed E-state index contributed by atoms with van der Waals surface area (Å²) >= 11 is 11.9. The second-order valence-electron chi connectivity index (χ2n) is 4.70. The predicted octanol–water partition coefficient (Wildman–Crippen LogP) is 1.59. The van der Waals surface area contributed by atoms with Crippen LogP contribution in [0.2, 0.25) is 10.0 Å². The van der Waals surface area contributed by atoms with E-state index in [1.54, 1.807) is 6.92 Å². The van der Waals surface area contributed by atoms with Gasteiger partial charge >= 0.3 is 5.97 Å². The van der Waals surface area contributed by atoms with Gasteiger partial charge in [-0.25, -0.2) is 14.5 Å². The predicted molar refractivity (Wildman–Crippen MR) is 87.4 cm³/mol. The number of carbonyl (C=O) groups excluding carboxylic acids is 2. The molecule has 0 atom stereocenters. The highest BCUT2D eigenvalue weighted by molar-refractivity contribution is 6.37. The lowest BCUT2D eigenvalue weighted by atomic mass is 10.3. The molecule has 0 aliphatic carbocycles. The molecule has 0 aromatic carbocycles. The second kappa shape index (κ2) is 7.41. The number of aromatic nitrogens is 3. The van der Waals surface area contributed by atoms with Gasteiger partial charge in [0.15, 0.2) is 18.1 Å². The number of nitrogens with zero attached hydrogens (tertiary/aromatic N) is 3. The summed E-state index contributed by atoms with van der Waals surface area (Å²) in [5, 5.41) is 6.69. The third-order valence-corrected chi connectivity index (χ3v) is 3.81. The number of nitrogens with one attached hydrogen (secondary N) is 1. The van der Waals surface area contributed by atoms with Crippen molar-refractivity contribution in [3.8, 4) is 0 Å². The lowest BCUT2D eigenvalue weighted by Crippen LogP contribution is -2.25. The standard InChI is InChI=1S/C14H12Cl2N4O4/c1-7-8(15)5-17-13(12(7)16)18-10(21)6-24-14(23)9-3-4-11(22)20(2)19-9/h3-5H,6H2,1-2H3,(H,17,18,21). The van der Waals surface area contributed by atoms with E-state index in [1.807, 2.05) is 0 Å². The Morgan fingerprint density at radius 3 is 2.71 bits per heavy atom. The molecule has 0 saturated carbocycles. The second-order valence-corrected chi connectivity index (χ2v) is 5.48. The zero-order valence-electron chi connectivity index (χ0n) is 12.7. The maximum atomic E-state index is 11.8. The van der Waals surface area contributed by atoms with E-state index in [9.17, 15) is 14.4 Å². The van der Waals surface area contributed by atoms with E-state index in [2.05, 4.69) is 15.4 Å². The van der Waals surface area contributed by atoms with Crippen LogP contribution in [-0.4, -0.2) is 33.2 Å². The van der Waals surface area contributed by atoms with E-state index in [0.717, 1.165) is 4.68 Å². The Labute approximate surface area is 146 Å². The van der Waals surface area contributed by atoms with E-state index in [-0.39, 0.29) is 22.1 Å². The number of pyridine rings is 1. The third kappa shape index (κ3) is 4.09. The van der Waals surface area contributed by atoms with Crippen LogP contribution < -0.4 is 10.9 Å². The molecule has 8 nitrogen and oxygen atoms in total. The Balaban J connectivity index is 1.98. The molecule has 0 unspecified atom stereocenters. The number of carbonyl (C=O) groups is 2. The van der Waals surface area contributed by atoms with Crippen molar-refractivity contribution in [2.24, 2.45) is 7.05 Å². The zero-order chi connectivity index (χ0) is 17.9. The van der Waals surface area contributed by atoms with Gasteiger partial charge in [-0.15, -0.1) is 0 Å². The van der Waals surface area contributed by atoms with Crippen LogP contribution >= 0.6 is 23.2 Å². The average molecular weight is 371 g/mol. The van der Waals surface area contributed by atoms with E-state index in [1.165, 1.54) is 25.4 Å². The van der Waals surface area contributed by atoms with Gasteiger partial charge in [0.2, 0.25) is 0 Å². The Bertz CT molecular complexity index is 866. The molecule has 1 amide bonds. The van der Waals surface area contributed by atoms with Gasteiger partial charge in [0, 0.05) is 19.3 Å². The number of esters is 1. The molecular formula is C14H12Cl2N4O4. The Kier molecular flexibility index (Phi) is 5.53. The van der Waals surface area contributed by atoms with Gasteiger partial charge in [-0.05, 0) is 18.6 Å². The van der Waals surface area contributed by atoms with Crippen molar-refractivity contribution in [3.05, 3.63) is 50.0 Å². The highest BCUT2D eigenvalue weighted by Gasteiger charge is 2.15. The van der Waals surface area contributed by atoms with Gasteiger partial charge in [-0.3, -0.25) is 9.59 Å². The molecule has 2 heterocycles. The maximum absolute atomic E-state index is 11.8. The minimum Gasteiger partial charge on any atom is -0.451 e. The van der Waals surface area contributed by atoms with Crippen LogP contribution in [0.4, 0.5) is 5.82 Å². The Morgan fingerprint density at radius 2 is 2.04 bits per heavy atom. The number of hydrogen-bond acceptors (Lipinski definition) is 6. The molecule has 2 aromatic rings. The molecule has 2 aromatic heterocycles. The monoisotopic (exact) mass is 370 g/mol. The molecular weight excluding hydrogens is 359 g/mol. The molecule has 0 spiro atoms. The molecule has 126 valence electrons. The highest BCUT2D eigenvalue weighted by Crippen LogP contribution is 2.28. The van der Waals surface area contributed by atoms with Gasteiger partial charge in [0.1, 0.15) is 0 Å². The van der Waals surface area contributed by atoms with Crippen LogP contribution in [0.5, 0.6) is 0 Å². The van der Waals surface area contributed by atoms with E-state index >= 15 is 0 Å². The molecule has 0 aliphatic rings. The maximum Gasteiger partial charge on any atom is 0.359 e. The van der Waals surface area contributed by atoms with Crippen molar-refractivity contribution in [1.82, 2.24) is 14.8 Å². The van der Waals surface area contributed by atoms with Crippen LogP contribution in [0, 0.1) is 6.92 Å². The fraction of sp³-hybridized carbons (Fsp3) is 0.214. The first-order valence-electron chi connectivity index (χ1n) is 6.61. The van der Waals surface area contributed by atoms with Gasteiger partial charge in [0.25, 0.3) is 11.5 Å². The summed E-state index contributed by atoms with van der Waals surface area (Å²) < 4.78 is 5.81. The van der Waals surface area contributed by atoms with Crippen molar-refractivity contribution in [3.63, 3.8) is 0 Å². The lowest BCUT2D eigenvalue weighted by molar-refractivity contribution is -0.119. The summed E-state index contributed by atoms with van der Waals surface area (Å²) in [6.07, 6.45) is 1.35. The van der Waals surface area contributed by atoms with Gasteiger partial charge < -0.3 is 10.1 Å². The van der Waals surface area contributed by atoms with Gasteiger partial charge in [-0.1, -0.05) is 23.2 Å². The fourth-order valence-corrected chi connectivity index (χ4v) is 2.02. The van der Waals surface area contributed by atoms with Crippen LogP contribution in [0.1, 0.15) is 16.1 Å². The SMILES string of the molecule is Cc1c(Cl)cnc(NC(=O)COC(=O)c2ccc(=O)n(C)n2)c1Cl.